The van der Waals surface area contributed by atoms with E-state index >= 15 is 0 Å². The topological polar surface area (TPSA) is 78.7 Å². The van der Waals surface area contributed by atoms with Gasteiger partial charge in [0.2, 0.25) is 5.95 Å². The first kappa shape index (κ1) is 28.7. The lowest BCUT2D eigenvalue weighted by molar-refractivity contribution is -0.139. The van der Waals surface area contributed by atoms with Crippen LogP contribution in [0.25, 0.3) is 22.0 Å². The zero-order valence-corrected chi connectivity index (χ0v) is 26.4. The molecule has 1 aliphatic heterocycles. The van der Waals surface area contributed by atoms with Crippen molar-refractivity contribution in [1.82, 2.24) is 14.5 Å². The molecule has 0 saturated heterocycles. The molecule has 0 spiro atoms. The summed E-state index contributed by atoms with van der Waals surface area (Å²) in [6.07, 6.45) is 3.52. The highest BCUT2D eigenvalue weighted by molar-refractivity contribution is 6.76. The number of methoxy groups -OCH3 is 2. The number of hydrogen-bond acceptors (Lipinski definition) is 7. The van der Waals surface area contributed by atoms with Gasteiger partial charge in [-0.3, -0.25) is 4.79 Å². The van der Waals surface area contributed by atoms with E-state index < -0.39 is 8.07 Å². The standard InChI is InChI=1S/C32H40N4O4Si/c1-20-9-10-24(27(15-20)40-13-14-41(6,7)8)29-25(17-28(37)39-5)22(3)30-31-26(29)16-21(2)35(31)11-12-36(30)32-33-18-23(38-4)19-34-32/h9-10,15-16,18-19H,11-14,17H2,1-8H3. The number of rotatable bonds is 9. The maximum atomic E-state index is 12.9. The van der Waals surface area contributed by atoms with Crippen molar-refractivity contribution in [3.05, 3.63) is 59.0 Å². The van der Waals surface area contributed by atoms with Gasteiger partial charge in [-0.05, 0) is 61.2 Å². The first-order valence-corrected chi connectivity index (χ1v) is 17.8. The van der Waals surface area contributed by atoms with Crippen LogP contribution in [0.2, 0.25) is 25.7 Å². The Morgan fingerprint density at radius 1 is 1.02 bits per heavy atom. The average Bonchev–Trinajstić information content (AvgIpc) is 3.27. The summed E-state index contributed by atoms with van der Waals surface area (Å²) in [7, 11) is 1.76. The highest BCUT2D eigenvalue weighted by Crippen LogP contribution is 2.48. The summed E-state index contributed by atoms with van der Waals surface area (Å²) in [5.74, 6) is 1.77. The Labute approximate surface area is 243 Å². The van der Waals surface area contributed by atoms with Crippen LogP contribution in [-0.4, -0.2) is 55.9 Å². The molecule has 3 heterocycles. The predicted octanol–water partition coefficient (Wildman–Crippen LogP) is 6.62. The number of carbonyl (C=O) groups is 1. The molecular weight excluding hydrogens is 532 g/mol. The van der Waals surface area contributed by atoms with Gasteiger partial charge in [-0.2, -0.15) is 0 Å². The number of carbonyl (C=O) groups excluding carboxylic acids is 1. The number of aryl methyl sites for hydroxylation is 2. The van der Waals surface area contributed by atoms with E-state index in [-0.39, 0.29) is 12.4 Å². The van der Waals surface area contributed by atoms with Crippen molar-refractivity contribution in [2.45, 2.75) is 59.4 Å². The highest BCUT2D eigenvalue weighted by Gasteiger charge is 2.31. The fraction of sp³-hybridized carbons (Fsp3) is 0.406. The highest BCUT2D eigenvalue weighted by atomic mass is 28.3. The van der Waals surface area contributed by atoms with E-state index in [9.17, 15) is 4.79 Å². The number of ether oxygens (including phenoxy) is 3. The molecule has 4 aromatic rings. The van der Waals surface area contributed by atoms with Crippen LogP contribution in [0.4, 0.5) is 11.6 Å². The Bertz CT molecular complexity index is 1610. The van der Waals surface area contributed by atoms with Gasteiger partial charge in [-0.1, -0.05) is 31.8 Å². The monoisotopic (exact) mass is 572 g/mol. The van der Waals surface area contributed by atoms with Crippen LogP contribution in [0.1, 0.15) is 22.4 Å². The minimum Gasteiger partial charge on any atom is -0.494 e. The van der Waals surface area contributed by atoms with Gasteiger partial charge in [0, 0.05) is 37.8 Å². The molecular formula is C32H40N4O4Si. The summed E-state index contributed by atoms with van der Waals surface area (Å²) >= 11 is 0. The van der Waals surface area contributed by atoms with Crippen LogP contribution < -0.4 is 14.4 Å². The Balaban J connectivity index is 1.77. The van der Waals surface area contributed by atoms with Crippen molar-refractivity contribution >= 4 is 36.6 Å². The summed E-state index contributed by atoms with van der Waals surface area (Å²) in [6, 6.07) is 9.67. The SMILES string of the molecule is COC(=O)Cc1c(C)c2c3c(cc(C)n3CCN2c2ncc(OC)cn2)c1-c1ccc(C)cc1OCC[Si](C)(C)C. The molecule has 9 heteroatoms. The first-order chi connectivity index (χ1) is 19.5. The molecule has 1 aliphatic rings. The molecule has 41 heavy (non-hydrogen) atoms. The fourth-order valence-corrected chi connectivity index (χ4v) is 6.36. The molecule has 0 radical (unpaired) electrons. The molecule has 0 bridgehead atoms. The zero-order chi connectivity index (χ0) is 29.5. The van der Waals surface area contributed by atoms with E-state index in [4.69, 9.17) is 14.2 Å². The number of benzene rings is 2. The lowest BCUT2D eigenvalue weighted by atomic mass is 9.88. The van der Waals surface area contributed by atoms with Crippen LogP contribution in [0.5, 0.6) is 11.5 Å². The number of aromatic nitrogens is 3. The lowest BCUT2D eigenvalue weighted by Gasteiger charge is -2.33. The molecule has 8 nitrogen and oxygen atoms in total. The Morgan fingerprint density at radius 3 is 2.41 bits per heavy atom. The summed E-state index contributed by atoms with van der Waals surface area (Å²) in [4.78, 5) is 24.3. The maximum Gasteiger partial charge on any atom is 0.310 e. The molecule has 0 amide bonds. The molecule has 2 aromatic carbocycles. The third kappa shape index (κ3) is 5.55. The number of anilines is 2. The van der Waals surface area contributed by atoms with Crippen LogP contribution in [0.15, 0.2) is 36.7 Å². The molecule has 0 unspecified atom stereocenters. The molecule has 2 aromatic heterocycles. The predicted molar refractivity (Wildman–Crippen MR) is 167 cm³/mol. The minimum absolute atomic E-state index is 0.143. The third-order valence-corrected chi connectivity index (χ3v) is 9.59. The molecule has 0 aliphatic carbocycles. The van der Waals surface area contributed by atoms with Gasteiger partial charge in [-0.15, -0.1) is 0 Å². The quantitative estimate of drug-likeness (QED) is 0.165. The second-order valence-electron chi connectivity index (χ2n) is 12.0. The molecule has 0 atom stereocenters. The minimum atomic E-state index is -1.28. The second kappa shape index (κ2) is 11.2. The van der Waals surface area contributed by atoms with E-state index in [0.717, 1.165) is 62.7 Å². The first-order valence-electron chi connectivity index (χ1n) is 14.1. The summed E-state index contributed by atoms with van der Waals surface area (Å²) in [5.41, 5.74) is 8.38. The Hall–Kier alpha value is -3.85. The molecule has 5 rings (SSSR count). The number of hydrogen-bond donors (Lipinski definition) is 0. The van der Waals surface area contributed by atoms with E-state index in [1.807, 2.05) is 0 Å². The largest absolute Gasteiger partial charge is 0.494 e. The van der Waals surface area contributed by atoms with Gasteiger partial charge >= 0.3 is 5.97 Å². The molecule has 0 N–H and O–H groups in total. The van der Waals surface area contributed by atoms with Crippen molar-refractivity contribution in [3.63, 3.8) is 0 Å². The van der Waals surface area contributed by atoms with Crippen molar-refractivity contribution in [1.29, 1.82) is 0 Å². The van der Waals surface area contributed by atoms with E-state index in [2.05, 4.69) is 84.1 Å². The van der Waals surface area contributed by atoms with Crippen molar-refractivity contribution in [3.8, 4) is 22.6 Å². The number of nitrogens with zero attached hydrogens (tertiary/aromatic N) is 4. The summed E-state index contributed by atoms with van der Waals surface area (Å²) in [6.45, 7) is 15.6. The van der Waals surface area contributed by atoms with Crippen LogP contribution >= 0.6 is 0 Å². The molecule has 0 fully saturated rings. The fourth-order valence-electron chi connectivity index (χ4n) is 5.65. The van der Waals surface area contributed by atoms with E-state index in [1.165, 1.54) is 12.8 Å². The number of esters is 1. The Morgan fingerprint density at radius 2 is 1.76 bits per heavy atom. The van der Waals surface area contributed by atoms with Crippen LogP contribution in [0.3, 0.4) is 0 Å². The van der Waals surface area contributed by atoms with Crippen LogP contribution in [0, 0.1) is 20.8 Å². The summed E-state index contributed by atoms with van der Waals surface area (Å²) in [5, 5.41) is 1.08. The van der Waals surface area contributed by atoms with Crippen molar-refractivity contribution in [2.75, 3.05) is 32.3 Å². The average molecular weight is 573 g/mol. The summed E-state index contributed by atoms with van der Waals surface area (Å²) < 4.78 is 19.4. The van der Waals surface area contributed by atoms with Gasteiger partial charge in [0.15, 0.2) is 5.75 Å². The van der Waals surface area contributed by atoms with Gasteiger partial charge < -0.3 is 23.7 Å². The van der Waals surface area contributed by atoms with Crippen molar-refractivity contribution in [2.24, 2.45) is 0 Å². The lowest BCUT2D eigenvalue weighted by Crippen LogP contribution is -2.30. The Kier molecular flexibility index (Phi) is 7.83. The molecule has 0 saturated carbocycles. The van der Waals surface area contributed by atoms with E-state index in [0.29, 0.717) is 24.8 Å². The van der Waals surface area contributed by atoms with Crippen molar-refractivity contribution < 1.29 is 19.0 Å². The van der Waals surface area contributed by atoms with Gasteiger partial charge in [0.05, 0.1) is 50.8 Å². The third-order valence-electron chi connectivity index (χ3n) is 7.88. The van der Waals surface area contributed by atoms with E-state index in [1.54, 1.807) is 19.5 Å². The van der Waals surface area contributed by atoms with Gasteiger partial charge in [-0.25, -0.2) is 9.97 Å². The van der Waals surface area contributed by atoms with Gasteiger partial charge in [0.25, 0.3) is 0 Å². The smallest absolute Gasteiger partial charge is 0.310 e. The normalized spacial score (nSPS) is 13.0. The van der Waals surface area contributed by atoms with Crippen LogP contribution in [-0.2, 0) is 22.5 Å². The second-order valence-corrected chi connectivity index (χ2v) is 17.6. The maximum absolute atomic E-state index is 12.9. The van der Waals surface area contributed by atoms with Gasteiger partial charge in [0.1, 0.15) is 5.75 Å². The zero-order valence-electron chi connectivity index (χ0n) is 25.4. The molecule has 216 valence electrons.